The number of carboxylic acids is 1. The number of aromatic carboxylic acids is 1. The van der Waals surface area contributed by atoms with Crippen molar-refractivity contribution in [2.45, 2.75) is 19.9 Å². The Kier molecular flexibility index (Phi) is 4.64. The highest BCUT2D eigenvalue weighted by Gasteiger charge is 2.07. The number of anilines is 1. The Balaban J connectivity index is 2.09. The summed E-state index contributed by atoms with van der Waals surface area (Å²) in [6, 6.07) is 12.9. The molecule has 2 N–H and O–H groups in total. The van der Waals surface area contributed by atoms with Crippen molar-refractivity contribution in [3.05, 3.63) is 64.2 Å². The standard InChI is InChI=1S/C16H16ClNO2/c1-2-11-3-5-12(6-4-11)10-18-15-9-13(16(19)20)7-8-14(15)17/h3-9,18H,2,10H2,1H3,(H,19,20). The molecule has 0 unspecified atom stereocenters. The zero-order valence-corrected chi connectivity index (χ0v) is 11.9. The first-order chi connectivity index (χ1) is 9.60. The fraction of sp³-hybridized carbons (Fsp3) is 0.188. The lowest BCUT2D eigenvalue weighted by molar-refractivity contribution is 0.0697. The van der Waals surface area contributed by atoms with E-state index in [0.717, 1.165) is 12.0 Å². The number of rotatable bonds is 5. The van der Waals surface area contributed by atoms with Crippen molar-refractivity contribution in [2.75, 3.05) is 5.32 Å². The summed E-state index contributed by atoms with van der Waals surface area (Å²) < 4.78 is 0. The zero-order valence-electron chi connectivity index (χ0n) is 11.2. The van der Waals surface area contributed by atoms with Crippen LogP contribution in [0.3, 0.4) is 0 Å². The van der Waals surface area contributed by atoms with Crippen LogP contribution >= 0.6 is 11.6 Å². The molecule has 104 valence electrons. The number of benzene rings is 2. The fourth-order valence-corrected chi connectivity index (χ4v) is 2.07. The van der Waals surface area contributed by atoms with E-state index in [-0.39, 0.29) is 5.56 Å². The van der Waals surface area contributed by atoms with Crippen LogP contribution in [-0.4, -0.2) is 11.1 Å². The van der Waals surface area contributed by atoms with Gasteiger partial charge in [-0.05, 0) is 35.7 Å². The molecule has 0 aliphatic rings. The quantitative estimate of drug-likeness (QED) is 0.867. The van der Waals surface area contributed by atoms with Crippen molar-refractivity contribution in [3.8, 4) is 0 Å². The molecule has 0 fully saturated rings. The molecule has 0 atom stereocenters. The predicted molar refractivity (Wildman–Crippen MR) is 81.6 cm³/mol. The number of aryl methyl sites for hydroxylation is 1. The van der Waals surface area contributed by atoms with Crippen molar-refractivity contribution in [3.63, 3.8) is 0 Å². The Morgan fingerprint density at radius 1 is 1.15 bits per heavy atom. The first kappa shape index (κ1) is 14.4. The number of nitrogens with one attached hydrogen (secondary N) is 1. The number of carboxylic acid groups (broad SMARTS) is 1. The maximum Gasteiger partial charge on any atom is 0.335 e. The van der Waals surface area contributed by atoms with Crippen LogP contribution in [0.5, 0.6) is 0 Å². The van der Waals surface area contributed by atoms with E-state index in [1.165, 1.54) is 11.6 Å². The lowest BCUT2D eigenvalue weighted by Gasteiger charge is -2.10. The third kappa shape index (κ3) is 3.52. The second kappa shape index (κ2) is 6.44. The van der Waals surface area contributed by atoms with Gasteiger partial charge in [0.1, 0.15) is 0 Å². The van der Waals surface area contributed by atoms with Crippen molar-refractivity contribution < 1.29 is 9.90 Å². The van der Waals surface area contributed by atoms with E-state index in [0.29, 0.717) is 17.3 Å². The van der Waals surface area contributed by atoms with E-state index in [2.05, 4.69) is 36.5 Å². The van der Waals surface area contributed by atoms with Gasteiger partial charge in [0.2, 0.25) is 0 Å². The maximum atomic E-state index is 10.9. The van der Waals surface area contributed by atoms with Crippen LogP contribution in [0.1, 0.15) is 28.4 Å². The molecule has 3 nitrogen and oxygen atoms in total. The molecule has 0 saturated carbocycles. The van der Waals surface area contributed by atoms with Crippen LogP contribution in [0.2, 0.25) is 5.02 Å². The molecule has 0 radical (unpaired) electrons. The molecule has 0 amide bonds. The third-order valence-corrected chi connectivity index (χ3v) is 3.46. The van der Waals surface area contributed by atoms with E-state index >= 15 is 0 Å². The van der Waals surface area contributed by atoms with Crippen LogP contribution in [0, 0.1) is 0 Å². The first-order valence-electron chi connectivity index (χ1n) is 6.44. The molecule has 0 bridgehead atoms. The highest BCUT2D eigenvalue weighted by molar-refractivity contribution is 6.33. The third-order valence-electron chi connectivity index (χ3n) is 3.13. The van der Waals surface area contributed by atoms with Gasteiger partial charge in [-0.1, -0.05) is 42.8 Å². The van der Waals surface area contributed by atoms with E-state index in [4.69, 9.17) is 16.7 Å². The summed E-state index contributed by atoms with van der Waals surface area (Å²) in [6.45, 7) is 2.72. The molecule has 2 rings (SSSR count). The number of hydrogen-bond acceptors (Lipinski definition) is 2. The highest BCUT2D eigenvalue weighted by atomic mass is 35.5. The van der Waals surface area contributed by atoms with Gasteiger partial charge in [0.25, 0.3) is 0 Å². The Morgan fingerprint density at radius 3 is 2.40 bits per heavy atom. The molecule has 2 aromatic rings. The molecule has 20 heavy (non-hydrogen) atoms. The smallest absolute Gasteiger partial charge is 0.335 e. The second-order valence-corrected chi connectivity index (χ2v) is 4.93. The molecular formula is C16H16ClNO2. The second-order valence-electron chi connectivity index (χ2n) is 4.52. The Bertz CT molecular complexity index is 608. The van der Waals surface area contributed by atoms with Crippen LogP contribution < -0.4 is 5.32 Å². The molecule has 0 saturated heterocycles. The maximum absolute atomic E-state index is 10.9. The summed E-state index contributed by atoms with van der Waals surface area (Å²) in [5, 5.41) is 12.7. The lowest BCUT2D eigenvalue weighted by Crippen LogP contribution is -2.03. The van der Waals surface area contributed by atoms with Gasteiger partial charge in [-0.25, -0.2) is 4.79 Å². The molecule has 0 heterocycles. The average Bonchev–Trinajstić information content (AvgIpc) is 2.46. The van der Waals surface area contributed by atoms with Gasteiger partial charge in [0, 0.05) is 6.54 Å². The summed E-state index contributed by atoms with van der Waals surface area (Å²) in [5.74, 6) is -0.961. The fourth-order valence-electron chi connectivity index (χ4n) is 1.88. The minimum absolute atomic E-state index is 0.221. The first-order valence-corrected chi connectivity index (χ1v) is 6.82. The van der Waals surface area contributed by atoms with Gasteiger partial charge in [-0.3, -0.25) is 0 Å². The van der Waals surface area contributed by atoms with Gasteiger partial charge in [0.15, 0.2) is 0 Å². The van der Waals surface area contributed by atoms with E-state index < -0.39 is 5.97 Å². The minimum atomic E-state index is -0.961. The van der Waals surface area contributed by atoms with Crippen LogP contribution in [0.4, 0.5) is 5.69 Å². The van der Waals surface area contributed by atoms with Crippen LogP contribution in [0.15, 0.2) is 42.5 Å². The summed E-state index contributed by atoms with van der Waals surface area (Å²) in [4.78, 5) is 10.9. The minimum Gasteiger partial charge on any atom is -0.478 e. The van der Waals surface area contributed by atoms with E-state index in [1.54, 1.807) is 12.1 Å². The van der Waals surface area contributed by atoms with Crippen molar-refractivity contribution in [1.82, 2.24) is 0 Å². The molecule has 0 aromatic heterocycles. The van der Waals surface area contributed by atoms with Gasteiger partial charge in [-0.2, -0.15) is 0 Å². The SMILES string of the molecule is CCc1ccc(CNc2cc(C(=O)O)ccc2Cl)cc1. The van der Waals surface area contributed by atoms with Crippen LogP contribution in [-0.2, 0) is 13.0 Å². The summed E-state index contributed by atoms with van der Waals surface area (Å²) in [6.07, 6.45) is 1.01. The van der Waals surface area contributed by atoms with Gasteiger partial charge >= 0.3 is 5.97 Å². The molecule has 0 aliphatic heterocycles. The Labute approximate surface area is 123 Å². The zero-order chi connectivity index (χ0) is 14.5. The summed E-state index contributed by atoms with van der Waals surface area (Å²) in [5.41, 5.74) is 3.27. The van der Waals surface area contributed by atoms with Crippen molar-refractivity contribution in [1.29, 1.82) is 0 Å². The molecule has 2 aromatic carbocycles. The topological polar surface area (TPSA) is 49.3 Å². The Morgan fingerprint density at radius 2 is 1.80 bits per heavy atom. The average molecular weight is 290 g/mol. The molecule has 4 heteroatoms. The van der Waals surface area contributed by atoms with E-state index in [9.17, 15) is 4.79 Å². The largest absolute Gasteiger partial charge is 0.478 e. The van der Waals surface area contributed by atoms with Gasteiger partial charge in [0.05, 0.1) is 16.3 Å². The van der Waals surface area contributed by atoms with Gasteiger partial charge < -0.3 is 10.4 Å². The Hall–Kier alpha value is -2.00. The normalized spacial score (nSPS) is 10.3. The van der Waals surface area contributed by atoms with Crippen molar-refractivity contribution in [2.24, 2.45) is 0 Å². The predicted octanol–water partition coefficient (Wildman–Crippen LogP) is 4.21. The molecular weight excluding hydrogens is 274 g/mol. The number of carbonyl (C=O) groups is 1. The molecule has 0 spiro atoms. The molecule has 0 aliphatic carbocycles. The van der Waals surface area contributed by atoms with E-state index in [1.807, 2.05) is 0 Å². The summed E-state index contributed by atoms with van der Waals surface area (Å²) >= 11 is 6.06. The highest BCUT2D eigenvalue weighted by Crippen LogP contribution is 2.23. The lowest BCUT2D eigenvalue weighted by atomic mass is 10.1. The number of hydrogen-bond donors (Lipinski definition) is 2. The van der Waals surface area contributed by atoms with Crippen LogP contribution in [0.25, 0.3) is 0 Å². The van der Waals surface area contributed by atoms with Gasteiger partial charge in [-0.15, -0.1) is 0 Å². The summed E-state index contributed by atoms with van der Waals surface area (Å²) in [7, 11) is 0. The monoisotopic (exact) mass is 289 g/mol. The van der Waals surface area contributed by atoms with Crippen molar-refractivity contribution >= 4 is 23.3 Å². The number of halogens is 1.